The molecule has 0 aromatic carbocycles. The van der Waals surface area contributed by atoms with Crippen molar-refractivity contribution in [1.82, 2.24) is 9.97 Å². The summed E-state index contributed by atoms with van der Waals surface area (Å²) in [6, 6.07) is 0. The van der Waals surface area contributed by atoms with E-state index in [-0.39, 0.29) is 12.1 Å². The summed E-state index contributed by atoms with van der Waals surface area (Å²) in [6.07, 6.45) is 1.00. The van der Waals surface area contributed by atoms with Gasteiger partial charge in [0.15, 0.2) is 0 Å². The molecule has 0 spiro atoms. The zero-order chi connectivity index (χ0) is 13.3. The highest BCUT2D eigenvalue weighted by atomic mass is 79.9. The Balaban J connectivity index is 0.000000302. The molecule has 17 heavy (non-hydrogen) atoms. The molecule has 4 N–H and O–H groups in total. The van der Waals surface area contributed by atoms with Crippen molar-refractivity contribution in [2.24, 2.45) is 0 Å². The Morgan fingerprint density at radius 3 is 2.47 bits per heavy atom. The number of rotatable bonds is 4. The normalized spacial score (nSPS) is 13.2. The smallest absolute Gasteiger partial charge is 0.344 e. The molecule has 0 amide bonds. The van der Waals surface area contributed by atoms with Gasteiger partial charge in [0.25, 0.3) is 0 Å². The number of aliphatic hydroxyl groups is 3. The van der Waals surface area contributed by atoms with Gasteiger partial charge in [-0.25, -0.2) is 9.78 Å². The summed E-state index contributed by atoms with van der Waals surface area (Å²) >= 11 is 3.11. The fourth-order valence-corrected chi connectivity index (χ4v) is 0.920. The van der Waals surface area contributed by atoms with Gasteiger partial charge in [0.2, 0.25) is 0 Å². The van der Waals surface area contributed by atoms with Crippen molar-refractivity contribution in [3.05, 3.63) is 27.4 Å². The summed E-state index contributed by atoms with van der Waals surface area (Å²) in [5.74, 6) is 0. The lowest BCUT2D eigenvalue weighted by atomic mass is 10.2. The maximum absolute atomic E-state index is 10.2. The molecule has 7 nitrogen and oxygen atoms in total. The van der Waals surface area contributed by atoms with Crippen molar-refractivity contribution < 1.29 is 20.1 Å². The van der Waals surface area contributed by atoms with Crippen LogP contribution in [-0.4, -0.2) is 50.4 Å². The standard InChI is InChI=1S/C5H10O4.C4H3BrN2O/c6-2-1-4(8)5(9)3-7;5-3-1-6-4(8)7-2-3/h2,4-5,7-9H,1,3H2;1-2H,(H,6,7,8)/t4-,5+;/m0./s1. The van der Waals surface area contributed by atoms with Gasteiger partial charge in [-0.15, -0.1) is 0 Å². The van der Waals surface area contributed by atoms with E-state index in [0.29, 0.717) is 6.29 Å². The average Bonchev–Trinajstić information content (AvgIpc) is 2.33. The van der Waals surface area contributed by atoms with Crippen LogP contribution < -0.4 is 5.69 Å². The van der Waals surface area contributed by atoms with Gasteiger partial charge in [-0.1, -0.05) is 0 Å². The van der Waals surface area contributed by atoms with E-state index in [2.05, 4.69) is 25.9 Å². The van der Waals surface area contributed by atoms with Crippen LogP contribution in [0.4, 0.5) is 0 Å². The Morgan fingerprint density at radius 1 is 1.47 bits per heavy atom. The summed E-state index contributed by atoms with van der Waals surface area (Å²) in [5, 5.41) is 25.5. The predicted octanol–water partition coefficient (Wildman–Crippen LogP) is -1.18. The molecule has 0 bridgehead atoms. The molecule has 0 saturated heterocycles. The minimum absolute atomic E-state index is 0.137. The van der Waals surface area contributed by atoms with E-state index < -0.39 is 18.8 Å². The highest BCUT2D eigenvalue weighted by Gasteiger charge is 2.13. The van der Waals surface area contributed by atoms with Gasteiger partial charge in [0, 0.05) is 18.8 Å². The van der Waals surface area contributed by atoms with Crippen LogP contribution in [0, 0.1) is 0 Å². The van der Waals surface area contributed by atoms with Crippen LogP contribution in [0.3, 0.4) is 0 Å². The number of carbonyl (C=O) groups is 1. The number of nitrogens with one attached hydrogen (secondary N) is 1. The maximum atomic E-state index is 10.2. The molecule has 0 radical (unpaired) electrons. The fraction of sp³-hybridized carbons (Fsp3) is 0.444. The Bertz CT molecular complexity index is 363. The molecule has 1 aromatic heterocycles. The van der Waals surface area contributed by atoms with Crippen LogP contribution in [0.15, 0.2) is 21.7 Å². The molecule has 2 atom stereocenters. The van der Waals surface area contributed by atoms with Crippen LogP contribution in [0.5, 0.6) is 0 Å². The van der Waals surface area contributed by atoms with Crippen molar-refractivity contribution in [3.63, 3.8) is 0 Å². The first-order valence-electron chi connectivity index (χ1n) is 4.62. The summed E-state index contributed by atoms with van der Waals surface area (Å²) in [4.78, 5) is 25.7. The first-order chi connectivity index (χ1) is 8.01. The topological polar surface area (TPSA) is 124 Å². The average molecular weight is 309 g/mol. The number of H-pyrrole nitrogens is 1. The molecule has 8 heteroatoms. The lowest BCUT2D eigenvalue weighted by molar-refractivity contribution is -0.111. The molecular weight excluding hydrogens is 296 g/mol. The molecule has 0 aliphatic heterocycles. The largest absolute Gasteiger partial charge is 0.394 e. The number of aromatic amines is 1. The maximum Gasteiger partial charge on any atom is 0.344 e. The summed E-state index contributed by atoms with van der Waals surface area (Å²) in [6.45, 7) is -0.519. The first-order valence-corrected chi connectivity index (χ1v) is 5.41. The van der Waals surface area contributed by atoms with Crippen molar-refractivity contribution in [2.45, 2.75) is 18.6 Å². The number of aldehydes is 1. The van der Waals surface area contributed by atoms with Crippen molar-refractivity contribution in [1.29, 1.82) is 0 Å². The molecule has 0 saturated carbocycles. The minimum atomic E-state index is -1.20. The van der Waals surface area contributed by atoms with Gasteiger partial charge in [-0.05, 0) is 15.9 Å². The van der Waals surface area contributed by atoms with Crippen LogP contribution in [0.1, 0.15) is 6.42 Å². The third-order valence-corrected chi connectivity index (χ3v) is 2.04. The predicted molar refractivity (Wildman–Crippen MR) is 62.3 cm³/mol. The Morgan fingerprint density at radius 2 is 2.12 bits per heavy atom. The van der Waals surface area contributed by atoms with E-state index in [4.69, 9.17) is 15.3 Å². The number of nitrogens with zero attached hydrogens (tertiary/aromatic N) is 1. The van der Waals surface area contributed by atoms with Crippen molar-refractivity contribution >= 4 is 22.2 Å². The summed E-state index contributed by atoms with van der Waals surface area (Å²) < 4.78 is 0.775. The SMILES string of the molecule is O=CC[C@H](O)[C@H](O)CO.O=c1ncc(Br)c[nH]1. The lowest BCUT2D eigenvalue weighted by Crippen LogP contribution is -2.29. The number of aromatic nitrogens is 2. The van der Waals surface area contributed by atoms with Gasteiger partial charge < -0.3 is 25.1 Å². The van der Waals surface area contributed by atoms with Crippen LogP contribution in [0.2, 0.25) is 0 Å². The van der Waals surface area contributed by atoms with E-state index in [9.17, 15) is 9.59 Å². The van der Waals surface area contributed by atoms with Gasteiger partial charge in [0.1, 0.15) is 12.4 Å². The first kappa shape index (κ1) is 15.9. The van der Waals surface area contributed by atoms with Gasteiger partial charge >= 0.3 is 5.69 Å². The minimum Gasteiger partial charge on any atom is -0.394 e. The second kappa shape index (κ2) is 8.99. The third kappa shape index (κ3) is 7.75. The van der Waals surface area contributed by atoms with E-state index >= 15 is 0 Å². The number of hydrogen-bond acceptors (Lipinski definition) is 6. The summed E-state index contributed by atoms with van der Waals surface area (Å²) in [5.41, 5.74) is -0.326. The van der Waals surface area contributed by atoms with Gasteiger partial charge in [0.05, 0.1) is 17.2 Å². The highest BCUT2D eigenvalue weighted by molar-refractivity contribution is 9.10. The highest BCUT2D eigenvalue weighted by Crippen LogP contribution is 1.99. The molecule has 1 heterocycles. The number of aliphatic hydroxyl groups excluding tert-OH is 3. The quantitative estimate of drug-likeness (QED) is 0.519. The zero-order valence-corrected chi connectivity index (χ0v) is 10.4. The van der Waals surface area contributed by atoms with Gasteiger partial charge in [-0.2, -0.15) is 0 Å². The second-order valence-corrected chi connectivity index (χ2v) is 3.87. The third-order valence-electron chi connectivity index (χ3n) is 1.61. The molecule has 1 rings (SSSR count). The Kier molecular flexibility index (Phi) is 8.42. The van der Waals surface area contributed by atoms with Gasteiger partial charge in [-0.3, -0.25) is 0 Å². The Labute approximate surface area is 105 Å². The van der Waals surface area contributed by atoms with Crippen LogP contribution in [-0.2, 0) is 4.79 Å². The molecule has 0 unspecified atom stereocenters. The lowest BCUT2D eigenvalue weighted by Gasteiger charge is -2.11. The molecule has 1 aromatic rings. The van der Waals surface area contributed by atoms with Crippen LogP contribution in [0.25, 0.3) is 0 Å². The zero-order valence-electron chi connectivity index (χ0n) is 8.78. The number of carbonyl (C=O) groups excluding carboxylic acids is 1. The van der Waals surface area contributed by atoms with E-state index in [1.807, 2.05) is 0 Å². The molecular formula is C9H13BrN2O5. The second-order valence-electron chi connectivity index (χ2n) is 2.96. The fourth-order valence-electron chi connectivity index (χ4n) is 0.703. The monoisotopic (exact) mass is 308 g/mol. The molecule has 0 fully saturated rings. The van der Waals surface area contributed by atoms with Crippen LogP contribution >= 0.6 is 15.9 Å². The molecule has 0 aliphatic rings. The van der Waals surface area contributed by atoms with E-state index in [0.717, 1.165) is 4.47 Å². The van der Waals surface area contributed by atoms with Crippen molar-refractivity contribution in [2.75, 3.05) is 6.61 Å². The van der Waals surface area contributed by atoms with E-state index in [1.54, 1.807) is 0 Å². The number of hydrogen-bond donors (Lipinski definition) is 4. The summed E-state index contributed by atoms with van der Waals surface area (Å²) in [7, 11) is 0. The number of halogens is 1. The Hall–Kier alpha value is -1.09. The molecule has 96 valence electrons. The molecule has 0 aliphatic carbocycles. The van der Waals surface area contributed by atoms with Crippen molar-refractivity contribution in [3.8, 4) is 0 Å². The van der Waals surface area contributed by atoms with E-state index in [1.165, 1.54) is 12.4 Å².